The topological polar surface area (TPSA) is 71.1 Å². The van der Waals surface area contributed by atoms with E-state index in [0.717, 1.165) is 38.4 Å². The zero-order chi connectivity index (χ0) is 14.8. The molecule has 2 rings (SSSR count). The van der Waals surface area contributed by atoms with Gasteiger partial charge in [0.1, 0.15) is 5.82 Å². The van der Waals surface area contributed by atoms with E-state index in [1.54, 1.807) is 7.11 Å². The van der Waals surface area contributed by atoms with E-state index in [2.05, 4.69) is 15.2 Å². The number of aromatic nitrogens is 3. The molecule has 0 spiro atoms. The van der Waals surface area contributed by atoms with Crippen molar-refractivity contribution in [2.24, 2.45) is 5.92 Å². The molecule has 1 amide bonds. The maximum absolute atomic E-state index is 12.4. The van der Waals surface area contributed by atoms with Crippen LogP contribution in [-0.2, 0) is 10.2 Å². The second-order valence-corrected chi connectivity index (χ2v) is 6.45. The predicted octanol–water partition coefficient (Wildman–Crippen LogP) is 1.60. The van der Waals surface area contributed by atoms with Crippen molar-refractivity contribution >= 4 is 5.91 Å². The molecule has 0 saturated carbocycles. The Balaban J connectivity index is 1.97. The first-order valence-corrected chi connectivity index (χ1v) is 7.13. The number of nitrogens with zero attached hydrogens (tertiary/aromatic N) is 3. The highest BCUT2D eigenvalue weighted by atomic mass is 16.5. The minimum absolute atomic E-state index is 0.0763. The number of ether oxygens (including phenoxy) is 1. The third-order valence-electron chi connectivity index (χ3n) is 3.69. The first-order valence-electron chi connectivity index (χ1n) is 7.13. The zero-order valence-electron chi connectivity index (χ0n) is 12.8. The molecule has 0 unspecified atom stereocenters. The first-order chi connectivity index (χ1) is 9.41. The molecule has 1 fully saturated rings. The van der Waals surface area contributed by atoms with Crippen LogP contribution in [0.1, 0.15) is 50.1 Å². The molecule has 6 nitrogen and oxygen atoms in total. The molecule has 0 aliphatic carbocycles. The minimum atomic E-state index is -0.128. The summed E-state index contributed by atoms with van der Waals surface area (Å²) in [6.07, 6.45) is 1.96. The molecule has 1 aliphatic rings. The molecule has 0 radical (unpaired) electrons. The average Bonchev–Trinajstić information content (AvgIpc) is 2.89. The highest BCUT2D eigenvalue weighted by Crippen LogP contribution is 2.20. The number of amides is 1. The number of piperidine rings is 1. The quantitative estimate of drug-likeness (QED) is 0.913. The molecular weight excluding hydrogens is 256 g/mol. The Kier molecular flexibility index (Phi) is 4.42. The number of hydrogen-bond donors (Lipinski definition) is 1. The minimum Gasteiger partial charge on any atom is -0.384 e. The summed E-state index contributed by atoms with van der Waals surface area (Å²) in [5, 5.41) is 6.93. The molecule has 20 heavy (non-hydrogen) atoms. The number of likely N-dealkylation sites (tertiary alicyclic amines) is 1. The lowest BCUT2D eigenvalue weighted by molar-refractivity contribution is 0.0603. The SMILES string of the molecule is COCC1CCN(C(=O)c2n[nH]c(C(C)(C)C)n2)CC1. The van der Waals surface area contributed by atoms with Crippen LogP contribution in [-0.4, -0.2) is 52.8 Å². The number of H-pyrrole nitrogens is 1. The van der Waals surface area contributed by atoms with Crippen LogP contribution < -0.4 is 0 Å². The van der Waals surface area contributed by atoms with Crippen molar-refractivity contribution in [2.75, 3.05) is 26.8 Å². The molecule has 0 bridgehead atoms. The third-order valence-corrected chi connectivity index (χ3v) is 3.69. The summed E-state index contributed by atoms with van der Waals surface area (Å²) < 4.78 is 5.17. The molecule has 6 heteroatoms. The molecule has 1 aromatic heterocycles. The Morgan fingerprint density at radius 3 is 2.55 bits per heavy atom. The normalized spacial score (nSPS) is 17.5. The van der Waals surface area contributed by atoms with E-state index in [4.69, 9.17) is 4.74 Å². The van der Waals surface area contributed by atoms with Gasteiger partial charge in [-0.25, -0.2) is 4.98 Å². The summed E-state index contributed by atoms with van der Waals surface area (Å²) in [7, 11) is 1.72. The Morgan fingerprint density at radius 2 is 2.05 bits per heavy atom. The van der Waals surface area contributed by atoms with Gasteiger partial charge in [-0.15, -0.1) is 5.10 Å². The largest absolute Gasteiger partial charge is 0.384 e. The van der Waals surface area contributed by atoms with E-state index in [0.29, 0.717) is 5.92 Å². The molecule has 2 heterocycles. The summed E-state index contributed by atoms with van der Waals surface area (Å²) in [6, 6.07) is 0. The number of rotatable bonds is 3. The van der Waals surface area contributed by atoms with Crippen LogP contribution in [0.4, 0.5) is 0 Å². The monoisotopic (exact) mass is 280 g/mol. The Labute approximate surface area is 119 Å². The van der Waals surface area contributed by atoms with Gasteiger partial charge in [0.2, 0.25) is 5.82 Å². The number of methoxy groups -OCH3 is 1. The van der Waals surface area contributed by atoms with E-state index < -0.39 is 0 Å². The Morgan fingerprint density at radius 1 is 1.40 bits per heavy atom. The molecule has 112 valence electrons. The lowest BCUT2D eigenvalue weighted by Gasteiger charge is -2.30. The first kappa shape index (κ1) is 15.0. The third kappa shape index (κ3) is 3.36. The predicted molar refractivity (Wildman–Crippen MR) is 75.6 cm³/mol. The lowest BCUT2D eigenvalue weighted by atomic mass is 9.96. The van der Waals surface area contributed by atoms with Gasteiger partial charge in [0, 0.05) is 32.2 Å². The second kappa shape index (κ2) is 5.91. The van der Waals surface area contributed by atoms with E-state index >= 15 is 0 Å². The molecule has 0 aromatic carbocycles. The summed E-state index contributed by atoms with van der Waals surface area (Å²) >= 11 is 0. The molecule has 1 aliphatic heterocycles. The number of aromatic amines is 1. The van der Waals surface area contributed by atoms with Gasteiger partial charge in [-0.2, -0.15) is 0 Å². The maximum atomic E-state index is 12.4. The van der Waals surface area contributed by atoms with Crippen LogP contribution in [0.3, 0.4) is 0 Å². The van der Waals surface area contributed by atoms with E-state index in [-0.39, 0.29) is 17.1 Å². The maximum Gasteiger partial charge on any atom is 0.293 e. The van der Waals surface area contributed by atoms with Crippen LogP contribution in [0, 0.1) is 5.92 Å². The molecular formula is C14H24N4O2. The van der Waals surface area contributed by atoms with Gasteiger partial charge in [0.15, 0.2) is 0 Å². The van der Waals surface area contributed by atoms with Gasteiger partial charge in [-0.05, 0) is 18.8 Å². The fraction of sp³-hybridized carbons (Fsp3) is 0.786. The molecule has 1 saturated heterocycles. The molecule has 1 aromatic rings. The van der Waals surface area contributed by atoms with Crippen molar-refractivity contribution in [3.63, 3.8) is 0 Å². The van der Waals surface area contributed by atoms with E-state index in [1.807, 2.05) is 25.7 Å². The van der Waals surface area contributed by atoms with Crippen molar-refractivity contribution in [3.8, 4) is 0 Å². The van der Waals surface area contributed by atoms with Gasteiger partial charge < -0.3 is 9.64 Å². The Bertz CT molecular complexity index is 456. The van der Waals surface area contributed by atoms with Crippen LogP contribution >= 0.6 is 0 Å². The van der Waals surface area contributed by atoms with Crippen molar-refractivity contribution in [3.05, 3.63) is 11.6 Å². The number of carbonyl (C=O) groups excluding carboxylic acids is 1. The zero-order valence-corrected chi connectivity index (χ0v) is 12.8. The van der Waals surface area contributed by atoms with Gasteiger partial charge in [0.25, 0.3) is 5.91 Å². The highest BCUT2D eigenvalue weighted by Gasteiger charge is 2.27. The van der Waals surface area contributed by atoms with Crippen molar-refractivity contribution < 1.29 is 9.53 Å². The van der Waals surface area contributed by atoms with Crippen LogP contribution in [0.15, 0.2) is 0 Å². The summed E-state index contributed by atoms with van der Waals surface area (Å²) in [5.41, 5.74) is -0.128. The van der Waals surface area contributed by atoms with Gasteiger partial charge in [0.05, 0.1) is 0 Å². The second-order valence-electron chi connectivity index (χ2n) is 6.45. The van der Waals surface area contributed by atoms with Crippen molar-refractivity contribution in [1.82, 2.24) is 20.1 Å². The fourth-order valence-electron chi connectivity index (χ4n) is 2.37. The lowest BCUT2D eigenvalue weighted by Crippen LogP contribution is -2.39. The highest BCUT2D eigenvalue weighted by molar-refractivity contribution is 5.90. The fourth-order valence-corrected chi connectivity index (χ4v) is 2.37. The van der Waals surface area contributed by atoms with E-state index in [9.17, 15) is 4.79 Å². The molecule has 0 atom stereocenters. The number of hydrogen-bond acceptors (Lipinski definition) is 4. The van der Waals surface area contributed by atoms with Crippen LogP contribution in [0.5, 0.6) is 0 Å². The average molecular weight is 280 g/mol. The van der Waals surface area contributed by atoms with Crippen molar-refractivity contribution in [1.29, 1.82) is 0 Å². The number of carbonyl (C=O) groups is 1. The van der Waals surface area contributed by atoms with E-state index in [1.165, 1.54) is 0 Å². The standard InChI is InChI=1S/C14H24N4O2/c1-14(2,3)13-15-11(16-17-13)12(19)18-7-5-10(6-8-18)9-20-4/h10H,5-9H2,1-4H3,(H,15,16,17). The van der Waals surface area contributed by atoms with Gasteiger partial charge in [-0.3, -0.25) is 9.89 Å². The van der Waals surface area contributed by atoms with Gasteiger partial charge >= 0.3 is 0 Å². The Hall–Kier alpha value is -1.43. The number of nitrogens with one attached hydrogen (secondary N) is 1. The van der Waals surface area contributed by atoms with Crippen LogP contribution in [0.25, 0.3) is 0 Å². The summed E-state index contributed by atoms with van der Waals surface area (Å²) in [6.45, 7) is 8.41. The summed E-state index contributed by atoms with van der Waals surface area (Å²) in [4.78, 5) is 18.5. The van der Waals surface area contributed by atoms with Crippen LogP contribution in [0.2, 0.25) is 0 Å². The summed E-state index contributed by atoms with van der Waals surface area (Å²) in [5.74, 6) is 1.50. The molecule has 1 N–H and O–H groups in total. The van der Waals surface area contributed by atoms with Gasteiger partial charge in [-0.1, -0.05) is 20.8 Å². The van der Waals surface area contributed by atoms with Crippen molar-refractivity contribution in [2.45, 2.75) is 39.0 Å². The smallest absolute Gasteiger partial charge is 0.293 e.